The van der Waals surface area contributed by atoms with Crippen molar-refractivity contribution in [3.05, 3.63) is 59.7 Å². The van der Waals surface area contributed by atoms with Gasteiger partial charge in [0.05, 0.1) is 12.1 Å². The van der Waals surface area contributed by atoms with Crippen molar-refractivity contribution in [3.63, 3.8) is 0 Å². The molecule has 0 spiro atoms. The Balaban J connectivity index is 1.81. The lowest BCUT2D eigenvalue weighted by Gasteiger charge is -2.28. The lowest BCUT2D eigenvalue weighted by molar-refractivity contribution is 0.337. The van der Waals surface area contributed by atoms with E-state index in [2.05, 4.69) is 114 Å². The SMILES string of the molecule is Cc1ccc(N2C[C@H](C(C)(C)C)N=C2C2=N[C@@H](C(C)(C)C)CN2c2ccc(C)cc2)cc1. The van der Waals surface area contributed by atoms with E-state index in [9.17, 15) is 0 Å². The second kappa shape index (κ2) is 8.06. The first-order chi connectivity index (χ1) is 14.9. The third-order valence-electron chi connectivity index (χ3n) is 6.67. The summed E-state index contributed by atoms with van der Waals surface area (Å²) in [6.45, 7) is 19.7. The van der Waals surface area contributed by atoms with E-state index in [0.29, 0.717) is 0 Å². The minimum atomic E-state index is 0.0853. The average Bonchev–Trinajstić information content (AvgIpc) is 3.33. The zero-order valence-electron chi connectivity index (χ0n) is 21.0. The first kappa shape index (κ1) is 22.6. The largest absolute Gasteiger partial charge is 0.321 e. The van der Waals surface area contributed by atoms with Crippen molar-refractivity contribution >= 4 is 23.0 Å². The number of anilines is 2. The van der Waals surface area contributed by atoms with Crippen LogP contribution in [-0.4, -0.2) is 36.8 Å². The van der Waals surface area contributed by atoms with Crippen LogP contribution in [0, 0.1) is 24.7 Å². The molecule has 32 heavy (non-hydrogen) atoms. The van der Waals surface area contributed by atoms with Crippen LogP contribution in [0.2, 0.25) is 0 Å². The van der Waals surface area contributed by atoms with Gasteiger partial charge in [-0.25, -0.2) is 0 Å². The lowest BCUT2D eigenvalue weighted by Crippen LogP contribution is -2.43. The number of nitrogens with zero attached hydrogens (tertiary/aromatic N) is 4. The van der Waals surface area contributed by atoms with Crippen LogP contribution in [0.3, 0.4) is 0 Å². The molecule has 0 saturated heterocycles. The van der Waals surface area contributed by atoms with Gasteiger partial charge in [0.2, 0.25) is 0 Å². The number of hydrogen-bond acceptors (Lipinski definition) is 4. The van der Waals surface area contributed by atoms with Crippen LogP contribution in [0.15, 0.2) is 58.5 Å². The van der Waals surface area contributed by atoms with Crippen molar-refractivity contribution in [2.24, 2.45) is 20.8 Å². The van der Waals surface area contributed by atoms with Crippen molar-refractivity contribution in [1.29, 1.82) is 0 Å². The number of hydrogen-bond donors (Lipinski definition) is 0. The quantitative estimate of drug-likeness (QED) is 0.575. The van der Waals surface area contributed by atoms with E-state index in [1.54, 1.807) is 0 Å². The fourth-order valence-electron chi connectivity index (χ4n) is 4.23. The van der Waals surface area contributed by atoms with E-state index in [0.717, 1.165) is 24.8 Å². The van der Waals surface area contributed by atoms with Crippen molar-refractivity contribution in [3.8, 4) is 0 Å². The summed E-state index contributed by atoms with van der Waals surface area (Å²) in [5, 5.41) is 0. The first-order valence-electron chi connectivity index (χ1n) is 11.8. The molecule has 0 aliphatic carbocycles. The van der Waals surface area contributed by atoms with E-state index >= 15 is 0 Å². The van der Waals surface area contributed by atoms with Gasteiger partial charge in [0, 0.05) is 24.5 Å². The van der Waals surface area contributed by atoms with Gasteiger partial charge in [0.15, 0.2) is 11.7 Å². The second-order valence-corrected chi connectivity index (χ2v) is 11.6. The maximum atomic E-state index is 5.30. The van der Waals surface area contributed by atoms with Gasteiger partial charge in [-0.2, -0.15) is 0 Å². The van der Waals surface area contributed by atoms with Crippen LogP contribution in [0.1, 0.15) is 52.7 Å². The Morgan fingerprint density at radius 3 is 1.19 bits per heavy atom. The number of aliphatic imine (C=N–C) groups is 2. The van der Waals surface area contributed by atoms with Gasteiger partial charge in [-0.15, -0.1) is 0 Å². The third-order valence-corrected chi connectivity index (χ3v) is 6.67. The van der Waals surface area contributed by atoms with Gasteiger partial charge in [-0.1, -0.05) is 76.9 Å². The molecule has 2 aromatic rings. The maximum Gasteiger partial charge on any atom is 0.172 e. The van der Waals surface area contributed by atoms with Crippen LogP contribution in [0.4, 0.5) is 11.4 Å². The molecule has 2 aromatic carbocycles. The van der Waals surface area contributed by atoms with Gasteiger partial charge in [-0.05, 0) is 48.9 Å². The highest BCUT2D eigenvalue weighted by molar-refractivity contribution is 6.50. The predicted octanol–water partition coefficient (Wildman–Crippen LogP) is 6.27. The summed E-state index contributed by atoms with van der Waals surface area (Å²) < 4.78 is 0. The summed E-state index contributed by atoms with van der Waals surface area (Å²) >= 11 is 0. The van der Waals surface area contributed by atoms with Crippen molar-refractivity contribution in [2.75, 3.05) is 22.9 Å². The Kier molecular flexibility index (Phi) is 5.68. The molecule has 2 heterocycles. The average molecular weight is 431 g/mol. The fourth-order valence-corrected chi connectivity index (χ4v) is 4.23. The maximum absolute atomic E-state index is 5.30. The van der Waals surface area contributed by atoms with E-state index in [1.807, 2.05) is 0 Å². The molecule has 2 aliphatic heterocycles. The Morgan fingerprint density at radius 2 is 0.906 bits per heavy atom. The topological polar surface area (TPSA) is 31.2 Å². The zero-order valence-corrected chi connectivity index (χ0v) is 21.0. The molecule has 0 radical (unpaired) electrons. The number of aryl methyl sites for hydroxylation is 2. The Hall–Kier alpha value is -2.62. The molecule has 0 saturated carbocycles. The van der Waals surface area contributed by atoms with Crippen LogP contribution in [0.25, 0.3) is 0 Å². The molecule has 0 fully saturated rings. The third kappa shape index (κ3) is 4.46. The van der Waals surface area contributed by atoms with Gasteiger partial charge in [0.1, 0.15) is 0 Å². The zero-order chi connectivity index (χ0) is 23.3. The minimum absolute atomic E-state index is 0.0853. The van der Waals surface area contributed by atoms with E-state index in [1.165, 1.54) is 22.5 Å². The van der Waals surface area contributed by atoms with Crippen molar-refractivity contribution < 1.29 is 0 Å². The Morgan fingerprint density at radius 1 is 0.594 bits per heavy atom. The van der Waals surface area contributed by atoms with Gasteiger partial charge < -0.3 is 9.80 Å². The summed E-state index contributed by atoms with van der Waals surface area (Å²) in [4.78, 5) is 15.4. The lowest BCUT2D eigenvalue weighted by atomic mass is 9.87. The Labute approximate surface area is 194 Å². The molecule has 2 atom stereocenters. The fraction of sp³-hybridized carbons (Fsp3) is 0.500. The molecular formula is C28H38N4. The van der Waals surface area contributed by atoms with Crippen molar-refractivity contribution in [2.45, 2.75) is 67.5 Å². The van der Waals surface area contributed by atoms with Crippen LogP contribution >= 0.6 is 0 Å². The minimum Gasteiger partial charge on any atom is -0.321 e. The van der Waals surface area contributed by atoms with Crippen LogP contribution in [-0.2, 0) is 0 Å². The van der Waals surface area contributed by atoms with Crippen molar-refractivity contribution in [1.82, 2.24) is 0 Å². The van der Waals surface area contributed by atoms with Crippen LogP contribution < -0.4 is 9.80 Å². The molecular weight excluding hydrogens is 392 g/mol. The van der Waals surface area contributed by atoms with E-state index in [4.69, 9.17) is 9.98 Å². The summed E-state index contributed by atoms with van der Waals surface area (Å²) in [7, 11) is 0. The molecule has 0 aromatic heterocycles. The molecule has 0 N–H and O–H groups in total. The molecule has 0 amide bonds. The molecule has 2 aliphatic rings. The van der Waals surface area contributed by atoms with E-state index in [-0.39, 0.29) is 22.9 Å². The summed E-state index contributed by atoms with van der Waals surface area (Å²) in [5.41, 5.74) is 5.08. The second-order valence-electron chi connectivity index (χ2n) is 11.6. The highest BCUT2D eigenvalue weighted by Crippen LogP contribution is 2.35. The standard InChI is InChI=1S/C28H38N4/c1-19-9-13-21(14-10-19)31-17-23(27(3,4)5)29-25(31)26-30-24(28(6,7)8)18-32(26)22-15-11-20(2)12-16-22/h9-16,23-24H,17-18H2,1-8H3/t23-,24-/m1/s1. The van der Waals surface area contributed by atoms with Gasteiger partial charge in [0.25, 0.3) is 0 Å². The summed E-state index contributed by atoms with van der Waals surface area (Å²) in [6, 6.07) is 18.0. The van der Waals surface area contributed by atoms with Gasteiger partial charge in [-0.3, -0.25) is 9.98 Å². The first-order valence-corrected chi connectivity index (χ1v) is 11.8. The molecule has 170 valence electrons. The van der Waals surface area contributed by atoms with Gasteiger partial charge >= 0.3 is 0 Å². The monoisotopic (exact) mass is 430 g/mol. The smallest absolute Gasteiger partial charge is 0.172 e. The molecule has 4 rings (SSSR count). The van der Waals surface area contributed by atoms with E-state index < -0.39 is 0 Å². The predicted molar refractivity (Wildman–Crippen MR) is 138 cm³/mol. The molecule has 0 bridgehead atoms. The number of rotatable bonds is 3. The summed E-state index contributed by atoms with van der Waals surface area (Å²) in [6.07, 6.45) is 0. The van der Waals surface area contributed by atoms with Crippen LogP contribution in [0.5, 0.6) is 0 Å². The Bertz CT molecular complexity index is 932. The molecule has 4 nitrogen and oxygen atoms in total. The molecule has 0 unspecified atom stereocenters. The number of benzene rings is 2. The molecule has 4 heteroatoms. The number of amidine groups is 2. The highest BCUT2D eigenvalue weighted by Gasteiger charge is 2.42. The normalized spacial score (nSPS) is 21.8. The highest BCUT2D eigenvalue weighted by atomic mass is 15.4. The summed E-state index contributed by atoms with van der Waals surface area (Å²) in [5.74, 6) is 2.00.